The van der Waals surface area contributed by atoms with E-state index in [1.807, 2.05) is 12.3 Å². The lowest BCUT2D eigenvalue weighted by Gasteiger charge is -2.31. The monoisotopic (exact) mass is 306 g/mol. The fourth-order valence-electron chi connectivity index (χ4n) is 3.08. The molecule has 114 valence electrons. The molecule has 1 aliphatic rings. The minimum atomic E-state index is 0.0340. The first kappa shape index (κ1) is 14.7. The number of thiazole rings is 1. The lowest BCUT2D eigenvalue weighted by atomic mass is 9.93. The number of piperidine rings is 1. The van der Waals surface area contributed by atoms with Crippen molar-refractivity contribution in [3.05, 3.63) is 33.2 Å². The van der Waals surface area contributed by atoms with E-state index in [1.54, 1.807) is 10.5 Å². The fraction of sp³-hybridized carbons (Fsp3) is 0.600. The maximum atomic E-state index is 12.2. The van der Waals surface area contributed by atoms with Gasteiger partial charge in [-0.1, -0.05) is 0 Å². The van der Waals surface area contributed by atoms with Gasteiger partial charge < -0.3 is 5.73 Å². The Balaban J connectivity index is 1.70. The Morgan fingerprint density at radius 1 is 1.43 bits per heavy atom. The Kier molecular flexibility index (Phi) is 4.37. The van der Waals surface area contributed by atoms with Crippen LogP contribution in [0.3, 0.4) is 0 Å². The molecule has 0 radical (unpaired) electrons. The molecule has 1 aliphatic heterocycles. The summed E-state index contributed by atoms with van der Waals surface area (Å²) in [6.45, 7) is 5.66. The number of nitrogens with two attached hydrogens (primary N) is 1. The Hall–Kier alpha value is -1.24. The van der Waals surface area contributed by atoms with E-state index in [2.05, 4.69) is 9.88 Å². The first-order chi connectivity index (χ1) is 10.2. The summed E-state index contributed by atoms with van der Waals surface area (Å²) in [6, 6.07) is 1.68. The molecule has 0 spiro atoms. The van der Waals surface area contributed by atoms with E-state index >= 15 is 0 Å². The maximum Gasteiger partial charge on any atom is 0.259 e. The van der Waals surface area contributed by atoms with E-state index in [9.17, 15) is 4.79 Å². The smallest absolute Gasteiger partial charge is 0.259 e. The lowest BCUT2D eigenvalue weighted by Crippen LogP contribution is -2.34. The van der Waals surface area contributed by atoms with Gasteiger partial charge in [-0.2, -0.15) is 0 Å². The molecule has 1 saturated heterocycles. The quantitative estimate of drug-likeness (QED) is 0.932. The van der Waals surface area contributed by atoms with Crippen molar-refractivity contribution in [3.8, 4) is 0 Å². The van der Waals surface area contributed by atoms with Crippen molar-refractivity contribution in [2.75, 3.05) is 19.6 Å². The Morgan fingerprint density at radius 3 is 2.90 bits per heavy atom. The van der Waals surface area contributed by atoms with Gasteiger partial charge in [0.25, 0.3) is 5.56 Å². The van der Waals surface area contributed by atoms with Crippen LogP contribution < -0.4 is 11.3 Å². The summed E-state index contributed by atoms with van der Waals surface area (Å²) < 4.78 is 1.68. The van der Waals surface area contributed by atoms with Crippen molar-refractivity contribution in [3.63, 3.8) is 0 Å². The van der Waals surface area contributed by atoms with Crippen molar-refractivity contribution in [2.45, 2.75) is 32.7 Å². The highest BCUT2D eigenvalue weighted by Crippen LogP contribution is 2.21. The Labute approximate surface area is 128 Å². The van der Waals surface area contributed by atoms with Gasteiger partial charge in [-0.05, 0) is 51.7 Å². The van der Waals surface area contributed by atoms with E-state index < -0.39 is 0 Å². The van der Waals surface area contributed by atoms with Gasteiger partial charge in [0, 0.05) is 23.7 Å². The Bertz CT molecular complexity index is 670. The standard InChI is InChI=1S/C15H22N4OS/c1-11-10-21-15-17-13(8-14(20)19(11)15)9-18-6-3-12(2-5-16)4-7-18/h8,10,12H,2-7,9,16H2,1H3. The molecule has 0 unspecified atom stereocenters. The molecule has 3 rings (SSSR count). The van der Waals surface area contributed by atoms with Crippen LogP contribution in [0.4, 0.5) is 0 Å². The van der Waals surface area contributed by atoms with Crippen LogP contribution in [0.1, 0.15) is 30.7 Å². The van der Waals surface area contributed by atoms with Crippen LogP contribution in [-0.2, 0) is 6.54 Å². The largest absolute Gasteiger partial charge is 0.330 e. The highest BCUT2D eigenvalue weighted by molar-refractivity contribution is 7.15. The summed E-state index contributed by atoms with van der Waals surface area (Å²) in [5, 5.41) is 1.98. The van der Waals surface area contributed by atoms with Crippen LogP contribution in [0.25, 0.3) is 4.96 Å². The molecule has 2 aromatic rings. The van der Waals surface area contributed by atoms with E-state index in [0.29, 0.717) is 0 Å². The average molecular weight is 306 g/mol. The third-order valence-electron chi connectivity index (χ3n) is 4.30. The molecule has 3 heterocycles. The minimum Gasteiger partial charge on any atom is -0.330 e. The number of hydrogen-bond donors (Lipinski definition) is 1. The van der Waals surface area contributed by atoms with Crippen LogP contribution in [0.15, 0.2) is 16.2 Å². The summed E-state index contributed by atoms with van der Waals surface area (Å²) in [5.41, 5.74) is 7.51. The van der Waals surface area contributed by atoms with Crippen molar-refractivity contribution < 1.29 is 0 Å². The normalized spacial score (nSPS) is 17.6. The number of fused-ring (bicyclic) bond motifs is 1. The second-order valence-corrected chi connectivity index (χ2v) is 6.71. The number of rotatable bonds is 4. The topological polar surface area (TPSA) is 63.6 Å². The predicted molar refractivity (Wildman–Crippen MR) is 85.7 cm³/mol. The average Bonchev–Trinajstić information content (AvgIpc) is 2.83. The zero-order valence-electron chi connectivity index (χ0n) is 12.4. The van der Waals surface area contributed by atoms with Crippen LogP contribution in [0.2, 0.25) is 0 Å². The second kappa shape index (κ2) is 6.25. The zero-order valence-corrected chi connectivity index (χ0v) is 13.2. The molecule has 21 heavy (non-hydrogen) atoms. The van der Waals surface area contributed by atoms with E-state index in [1.165, 1.54) is 24.2 Å². The molecular weight excluding hydrogens is 284 g/mol. The third kappa shape index (κ3) is 3.17. The SMILES string of the molecule is Cc1csc2nc(CN3CCC(CCN)CC3)cc(=O)n12. The molecule has 6 heteroatoms. The fourth-order valence-corrected chi connectivity index (χ4v) is 3.97. The second-order valence-electron chi connectivity index (χ2n) is 5.88. The van der Waals surface area contributed by atoms with Gasteiger partial charge in [0.1, 0.15) is 0 Å². The summed E-state index contributed by atoms with van der Waals surface area (Å²) in [7, 11) is 0. The number of hydrogen-bond acceptors (Lipinski definition) is 5. The molecule has 0 atom stereocenters. The maximum absolute atomic E-state index is 12.2. The van der Waals surface area contributed by atoms with Crippen molar-refractivity contribution >= 4 is 16.3 Å². The molecule has 0 amide bonds. The van der Waals surface area contributed by atoms with Gasteiger partial charge in [-0.25, -0.2) is 4.98 Å². The summed E-state index contributed by atoms with van der Waals surface area (Å²) in [6.07, 6.45) is 3.54. The highest BCUT2D eigenvalue weighted by atomic mass is 32.1. The van der Waals surface area contributed by atoms with Gasteiger partial charge in [-0.3, -0.25) is 14.1 Å². The first-order valence-corrected chi connectivity index (χ1v) is 8.44. The molecule has 0 saturated carbocycles. The van der Waals surface area contributed by atoms with Crippen molar-refractivity contribution in [1.82, 2.24) is 14.3 Å². The minimum absolute atomic E-state index is 0.0340. The molecule has 2 N–H and O–H groups in total. The third-order valence-corrected chi connectivity index (χ3v) is 5.24. The summed E-state index contributed by atoms with van der Waals surface area (Å²) in [4.78, 5) is 20.0. The zero-order chi connectivity index (χ0) is 14.8. The summed E-state index contributed by atoms with van der Waals surface area (Å²) >= 11 is 1.53. The molecular formula is C15H22N4OS. The van der Waals surface area contributed by atoms with Crippen LogP contribution in [0, 0.1) is 12.8 Å². The van der Waals surface area contributed by atoms with Crippen molar-refractivity contribution in [2.24, 2.45) is 11.7 Å². The van der Waals surface area contributed by atoms with Gasteiger partial charge in [0.2, 0.25) is 0 Å². The van der Waals surface area contributed by atoms with E-state index in [0.717, 1.165) is 54.9 Å². The predicted octanol–water partition coefficient (Wildman–Crippen LogP) is 1.63. The molecule has 0 bridgehead atoms. The van der Waals surface area contributed by atoms with Gasteiger partial charge in [0.05, 0.1) is 5.69 Å². The number of nitrogens with zero attached hydrogens (tertiary/aromatic N) is 3. The molecule has 1 fully saturated rings. The Morgan fingerprint density at radius 2 is 2.19 bits per heavy atom. The van der Waals surface area contributed by atoms with Gasteiger partial charge in [0.15, 0.2) is 4.96 Å². The van der Waals surface area contributed by atoms with Crippen LogP contribution in [0.5, 0.6) is 0 Å². The van der Waals surface area contributed by atoms with Crippen LogP contribution in [-0.4, -0.2) is 33.9 Å². The van der Waals surface area contributed by atoms with Crippen molar-refractivity contribution in [1.29, 1.82) is 0 Å². The highest BCUT2D eigenvalue weighted by Gasteiger charge is 2.19. The number of aromatic nitrogens is 2. The summed E-state index contributed by atoms with van der Waals surface area (Å²) in [5.74, 6) is 0.771. The molecule has 5 nitrogen and oxygen atoms in total. The molecule has 0 aromatic carbocycles. The number of likely N-dealkylation sites (tertiary alicyclic amines) is 1. The molecule has 0 aliphatic carbocycles. The lowest BCUT2D eigenvalue weighted by molar-refractivity contribution is 0.172. The van der Waals surface area contributed by atoms with Gasteiger partial charge in [-0.15, -0.1) is 11.3 Å². The number of aryl methyl sites for hydroxylation is 1. The van der Waals surface area contributed by atoms with E-state index in [4.69, 9.17) is 5.73 Å². The van der Waals surface area contributed by atoms with Crippen LogP contribution >= 0.6 is 11.3 Å². The molecule has 2 aromatic heterocycles. The van der Waals surface area contributed by atoms with E-state index in [-0.39, 0.29) is 5.56 Å². The first-order valence-electron chi connectivity index (χ1n) is 7.56. The van der Waals surface area contributed by atoms with Gasteiger partial charge >= 0.3 is 0 Å².